The van der Waals surface area contributed by atoms with Crippen molar-refractivity contribution < 1.29 is 0 Å². The number of benzene rings is 1. The van der Waals surface area contributed by atoms with Crippen molar-refractivity contribution in [1.82, 2.24) is 0 Å². The van der Waals surface area contributed by atoms with Crippen LogP contribution in [-0.4, -0.2) is 12.1 Å². The highest BCUT2D eigenvalue weighted by Crippen LogP contribution is 2.18. The lowest BCUT2D eigenvalue weighted by Gasteiger charge is -2.18. The van der Waals surface area contributed by atoms with E-state index in [1.165, 1.54) is 88.4 Å². The van der Waals surface area contributed by atoms with Gasteiger partial charge in [-0.25, -0.2) is 0 Å². The number of rotatable bonds is 16. The molecule has 0 radical (unpaired) electrons. The summed E-state index contributed by atoms with van der Waals surface area (Å²) in [4.78, 5) is 0. The lowest BCUT2D eigenvalue weighted by atomic mass is 10.1. The minimum absolute atomic E-state index is 0.553. The summed E-state index contributed by atoms with van der Waals surface area (Å²) >= 11 is 0. The SMILES string of the molecule is CCCCCCC[C@@H](C)Nc1ccc(N[C@@H](C)CCCCCCC)cc1. The molecule has 0 unspecified atom stereocenters. The standard InChI is InChI=1S/C24H44N2/c1-5-7-9-11-13-15-21(3)25-23-17-19-24(20-18-23)26-22(4)16-14-12-10-8-6-2/h17-22,25-26H,5-16H2,1-4H3/t21-,22+. The molecule has 1 rings (SSSR count). The van der Waals surface area contributed by atoms with Crippen LogP contribution in [0.2, 0.25) is 0 Å². The quantitative estimate of drug-likeness (QED) is 0.292. The molecule has 0 aliphatic rings. The van der Waals surface area contributed by atoms with Crippen LogP contribution in [0.5, 0.6) is 0 Å². The molecular weight excluding hydrogens is 316 g/mol. The lowest BCUT2D eigenvalue weighted by Crippen LogP contribution is -2.16. The van der Waals surface area contributed by atoms with Crippen LogP contribution in [0.25, 0.3) is 0 Å². The Labute approximate surface area is 163 Å². The highest BCUT2D eigenvalue weighted by atomic mass is 14.9. The van der Waals surface area contributed by atoms with Crippen LogP contribution in [-0.2, 0) is 0 Å². The number of hydrogen-bond donors (Lipinski definition) is 2. The van der Waals surface area contributed by atoms with E-state index in [-0.39, 0.29) is 0 Å². The van der Waals surface area contributed by atoms with Gasteiger partial charge in [0.1, 0.15) is 0 Å². The van der Waals surface area contributed by atoms with Crippen molar-refractivity contribution in [3.63, 3.8) is 0 Å². The molecule has 0 fully saturated rings. The molecule has 1 aromatic rings. The molecule has 0 aliphatic heterocycles. The average molecular weight is 361 g/mol. The van der Waals surface area contributed by atoms with Gasteiger partial charge in [0, 0.05) is 23.5 Å². The van der Waals surface area contributed by atoms with E-state index in [1.807, 2.05) is 0 Å². The second-order valence-electron chi connectivity index (χ2n) is 8.07. The van der Waals surface area contributed by atoms with Gasteiger partial charge in [0.05, 0.1) is 0 Å². The van der Waals surface area contributed by atoms with E-state index in [2.05, 4.69) is 62.6 Å². The minimum Gasteiger partial charge on any atom is -0.383 e. The van der Waals surface area contributed by atoms with Gasteiger partial charge in [-0.2, -0.15) is 0 Å². The zero-order chi connectivity index (χ0) is 19.0. The predicted octanol–water partition coefficient (Wildman–Crippen LogP) is 8.01. The van der Waals surface area contributed by atoms with Crippen LogP contribution in [0.15, 0.2) is 24.3 Å². The summed E-state index contributed by atoms with van der Waals surface area (Å²) in [6.45, 7) is 9.15. The molecule has 0 aromatic heterocycles. The Morgan fingerprint density at radius 2 is 0.923 bits per heavy atom. The maximum atomic E-state index is 3.64. The van der Waals surface area contributed by atoms with Crippen molar-refractivity contribution in [3.05, 3.63) is 24.3 Å². The van der Waals surface area contributed by atoms with E-state index in [9.17, 15) is 0 Å². The van der Waals surface area contributed by atoms with Crippen molar-refractivity contribution in [1.29, 1.82) is 0 Å². The van der Waals surface area contributed by atoms with Crippen LogP contribution in [0.4, 0.5) is 11.4 Å². The van der Waals surface area contributed by atoms with Gasteiger partial charge in [-0.05, 0) is 51.0 Å². The smallest absolute Gasteiger partial charge is 0.0343 e. The third kappa shape index (κ3) is 11.4. The molecule has 2 nitrogen and oxygen atoms in total. The van der Waals surface area contributed by atoms with Crippen LogP contribution in [0.3, 0.4) is 0 Å². The van der Waals surface area contributed by atoms with Gasteiger partial charge in [0.15, 0.2) is 0 Å². The molecule has 0 heterocycles. The van der Waals surface area contributed by atoms with E-state index in [4.69, 9.17) is 0 Å². The molecule has 0 aliphatic carbocycles. The van der Waals surface area contributed by atoms with Gasteiger partial charge >= 0.3 is 0 Å². The van der Waals surface area contributed by atoms with Crippen LogP contribution >= 0.6 is 0 Å². The molecule has 1 aromatic carbocycles. The van der Waals surface area contributed by atoms with Gasteiger partial charge in [-0.1, -0.05) is 78.1 Å². The van der Waals surface area contributed by atoms with E-state index in [0.717, 1.165) is 0 Å². The van der Waals surface area contributed by atoms with Gasteiger partial charge < -0.3 is 10.6 Å². The predicted molar refractivity (Wildman–Crippen MR) is 119 cm³/mol. The average Bonchev–Trinajstić information content (AvgIpc) is 2.63. The minimum atomic E-state index is 0.553. The number of hydrogen-bond acceptors (Lipinski definition) is 2. The Bertz CT molecular complexity index is 385. The molecular formula is C24H44N2. The first-order valence-electron chi connectivity index (χ1n) is 11.3. The molecule has 0 saturated carbocycles. The molecule has 150 valence electrons. The molecule has 2 N–H and O–H groups in total. The first-order chi connectivity index (χ1) is 12.7. The summed E-state index contributed by atoms with van der Waals surface area (Å²) < 4.78 is 0. The summed E-state index contributed by atoms with van der Waals surface area (Å²) in [6, 6.07) is 9.96. The van der Waals surface area contributed by atoms with E-state index >= 15 is 0 Å². The van der Waals surface area contributed by atoms with E-state index < -0.39 is 0 Å². The summed E-state index contributed by atoms with van der Waals surface area (Å²) in [7, 11) is 0. The van der Waals surface area contributed by atoms with Crippen molar-refractivity contribution in [2.24, 2.45) is 0 Å². The van der Waals surface area contributed by atoms with Crippen molar-refractivity contribution >= 4 is 11.4 Å². The van der Waals surface area contributed by atoms with Crippen LogP contribution < -0.4 is 10.6 Å². The van der Waals surface area contributed by atoms with Gasteiger partial charge in [0.2, 0.25) is 0 Å². The lowest BCUT2D eigenvalue weighted by molar-refractivity contribution is 0.578. The number of anilines is 2. The molecule has 0 saturated heterocycles. The van der Waals surface area contributed by atoms with Gasteiger partial charge in [0.25, 0.3) is 0 Å². The summed E-state index contributed by atoms with van der Waals surface area (Å²) in [6.07, 6.45) is 16.1. The zero-order valence-corrected chi connectivity index (χ0v) is 17.9. The first-order valence-corrected chi connectivity index (χ1v) is 11.3. The van der Waals surface area contributed by atoms with Crippen molar-refractivity contribution in [2.45, 2.75) is 117 Å². The van der Waals surface area contributed by atoms with E-state index in [1.54, 1.807) is 0 Å². The number of unbranched alkanes of at least 4 members (excludes halogenated alkanes) is 8. The van der Waals surface area contributed by atoms with Gasteiger partial charge in [-0.15, -0.1) is 0 Å². The largest absolute Gasteiger partial charge is 0.383 e. The highest BCUT2D eigenvalue weighted by molar-refractivity contribution is 5.54. The second kappa shape index (κ2) is 14.9. The third-order valence-corrected chi connectivity index (χ3v) is 5.19. The molecule has 26 heavy (non-hydrogen) atoms. The fraction of sp³-hybridized carbons (Fsp3) is 0.750. The maximum Gasteiger partial charge on any atom is 0.0343 e. The Kier molecular flexibility index (Phi) is 13.1. The topological polar surface area (TPSA) is 24.1 Å². The molecule has 0 amide bonds. The molecule has 0 bridgehead atoms. The third-order valence-electron chi connectivity index (χ3n) is 5.19. The highest BCUT2D eigenvalue weighted by Gasteiger charge is 2.04. The Balaban J connectivity index is 2.21. The fourth-order valence-electron chi connectivity index (χ4n) is 3.48. The van der Waals surface area contributed by atoms with E-state index in [0.29, 0.717) is 12.1 Å². The summed E-state index contributed by atoms with van der Waals surface area (Å²) in [5, 5.41) is 7.28. The summed E-state index contributed by atoms with van der Waals surface area (Å²) in [5.74, 6) is 0. The normalized spacial score (nSPS) is 13.4. The summed E-state index contributed by atoms with van der Waals surface area (Å²) in [5.41, 5.74) is 2.48. The maximum absolute atomic E-state index is 3.64. The van der Waals surface area contributed by atoms with Crippen LogP contribution in [0, 0.1) is 0 Å². The number of nitrogens with one attached hydrogen (secondary N) is 2. The Morgan fingerprint density at radius 1 is 0.577 bits per heavy atom. The Morgan fingerprint density at radius 3 is 1.27 bits per heavy atom. The second-order valence-corrected chi connectivity index (χ2v) is 8.07. The fourth-order valence-corrected chi connectivity index (χ4v) is 3.48. The first kappa shape index (κ1) is 22.9. The van der Waals surface area contributed by atoms with Crippen molar-refractivity contribution in [3.8, 4) is 0 Å². The van der Waals surface area contributed by atoms with Crippen molar-refractivity contribution in [2.75, 3.05) is 10.6 Å². The zero-order valence-electron chi connectivity index (χ0n) is 17.9. The molecule has 2 heteroatoms. The van der Waals surface area contributed by atoms with Gasteiger partial charge in [-0.3, -0.25) is 0 Å². The molecule has 0 spiro atoms. The Hall–Kier alpha value is -1.18. The monoisotopic (exact) mass is 360 g/mol. The molecule has 2 atom stereocenters. The van der Waals surface area contributed by atoms with Crippen LogP contribution in [0.1, 0.15) is 105 Å².